The Labute approximate surface area is 81.6 Å². The molecule has 6 nitrogen and oxygen atoms in total. The minimum absolute atomic E-state index is 0.257. The van der Waals surface area contributed by atoms with Crippen LogP contribution >= 0.6 is 0 Å². The molecule has 0 aromatic rings. The second-order valence-electron chi connectivity index (χ2n) is 4.38. The summed E-state index contributed by atoms with van der Waals surface area (Å²) in [5.74, 6) is -0.257. The van der Waals surface area contributed by atoms with E-state index in [9.17, 15) is 20.2 Å². The highest BCUT2D eigenvalue weighted by molar-refractivity contribution is 5.03. The van der Waals surface area contributed by atoms with E-state index in [0.717, 1.165) is 0 Å². The molecule has 0 spiro atoms. The van der Waals surface area contributed by atoms with E-state index >= 15 is 0 Å². The topological polar surface area (TPSA) is 86.3 Å². The molecule has 0 saturated heterocycles. The smallest absolute Gasteiger partial charge is 0.264 e. The van der Waals surface area contributed by atoms with E-state index < -0.39 is 20.9 Å². The first kappa shape index (κ1) is 10.9. The van der Waals surface area contributed by atoms with Crippen LogP contribution < -0.4 is 0 Å². The maximum absolute atomic E-state index is 11.0. The lowest BCUT2D eigenvalue weighted by Crippen LogP contribution is -2.58. The van der Waals surface area contributed by atoms with Crippen molar-refractivity contribution in [2.45, 2.75) is 44.7 Å². The van der Waals surface area contributed by atoms with Crippen molar-refractivity contribution in [1.29, 1.82) is 0 Å². The highest BCUT2D eigenvalue weighted by Crippen LogP contribution is 2.47. The SMILES string of the molecule is CC1CCC(C)([N+](=O)[O-])C1(C)[N+](=O)[O-]. The van der Waals surface area contributed by atoms with Crippen molar-refractivity contribution in [3.63, 3.8) is 0 Å². The van der Waals surface area contributed by atoms with E-state index in [1.165, 1.54) is 13.8 Å². The minimum Gasteiger partial charge on any atom is -0.264 e. The summed E-state index contributed by atoms with van der Waals surface area (Å²) in [7, 11) is 0. The third kappa shape index (κ3) is 1.03. The molecule has 0 bridgehead atoms. The van der Waals surface area contributed by atoms with Crippen molar-refractivity contribution in [2.75, 3.05) is 0 Å². The summed E-state index contributed by atoms with van der Waals surface area (Å²) in [5, 5.41) is 21.8. The summed E-state index contributed by atoms with van der Waals surface area (Å²) < 4.78 is 0. The number of rotatable bonds is 2. The van der Waals surface area contributed by atoms with Crippen LogP contribution in [0.4, 0.5) is 0 Å². The molecule has 0 heterocycles. The Hall–Kier alpha value is -1.20. The molecule has 1 rings (SSSR count). The zero-order valence-electron chi connectivity index (χ0n) is 8.52. The van der Waals surface area contributed by atoms with Crippen LogP contribution in [0.25, 0.3) is 0 Å². The van der Waals surface area contributed by atoms with Crippen molar-refractivity contribution in [3.8, 4) is 0 Å². The third-order valence-corrected chi connectivity index (χ3v) is 3.90. The van der Waals surface area contributed by atoms with E-state index in [0.29, 0.717) is 6.42 Å². The van der Waals surface area contributed by atoms with E-state index in [4.69, 9.17) is 0 Å². The zero-order valence-corrected chi connectivity index (χ0v) is 8.52. The van der Waals surface area contributed by atoms with Crippen molar-refractivity contribution < 1.29 is 9.85 Å². The van der Waals surface area contributed by atoms with Crippen LogP contribution in [0.2, 0.25) is 0 Å². The van der Waals surface area contributed by atoms with Crippen molar-refractivity contribution in [1.82, 2.24) is 0 Å². The lowest BCUT2D eigenvalue weighted by atomic mass is 9.79. The lowest BCUT2D eigenvalue weighted by Gasteiger charge is -2.28. The molecular weight excluding hydrogens is 188 g/mol. The normalized spacial score (nSPS) is 42.4. The van der Waals surface area contributed by atoms with Gasteiger partial charge in [0.15, 0.2) is 0 Å². The van der Waals surface area contributed by atoms with Crippen LogP contribution in [0.1, 0.15) is 33.6 Å². The second-order valence-corrected chi connectivity index (χ2v) is 4.38. The summed E-state index contributed by atoms with van der Waals surface area (Å²) in [4.78, 5) is 20.9. The summed E-state index contributed by atoms with van der Waals surface area (Å²) in [6.07, 6.45) is 0.813. The van der Waals surface area contributed by atoms with Crippen molar-refractivity contribution >= 4 is 0 Å². The first-order valence-electron chi connectivity index (χ1n) is 4.56. The zero-order chi connectivity index (χ0) is 11.1. The van der Waals surface area contributed by atoms with Crippen LogP contribution in [0.3, 0.4) is 0 Å². The average Bonchev–Trinajstić information content (AvgIpc) is 2.32. The molecule has 1 aliphatic carbocycles. The average molecular weight is 202 g/mol. The Balaban J connectivity index is 3.22. The molecule has 6 heteroatoms. The quantitative estimate of drug-likeness (QED) is 0.501. The van der Waals surface area contributed by atoms with E-state index in [1.54, 1.807) is 6.92 Å². The Morgan fingerprint density at radius 2 is 1.71 bits per heavy atom. The van der Waals surface area contributed by atoms with Gasteiger partial charge < -0.3 is 0 Å². The number of nitrogens with zero attached hydrogens (tertiary/aromatic N) is 2. The molecule has 1 aliphatic rings. The fraction of sp³-hybridized carbons (Fsp3) is 1.00. The molecular formula is C8H14N2O4. The number of nitro groups is 2. The molecule has 0 N–H and O–H groups in total. The van der Waals surface area contributed by atoms with Gasteiger partial charge >= 0.3 is 0 Å². The standard InChI is InChI=1S/C8H14N2O4/c1-6-4-5-7(2,9(11)12)8(6,3)10(13)14/h6H,4-5H2,1-3H3. The highest BCUT2D eigenvalue weighted by Gasteiger charge is 2.71. The Morgan fingerprint density at radius 1 is 1.21 bits per heavy atom. The van der Waals surface area contributed by atoms with Gasteiger partial charge in [0.05, 0.1) is 0 Å². The van der Waals surface area contributed by atoms with E-state index in [-0.39, 0.29) is 12.3 Å². The molecule has 1 fully saturated rings. The maximum Gasteiger partial charge on any atom is 0.289 e. The first-order chi connectivity index (χ1) is 6.26. The molecule has 14 heavy (non-hydrogen) atoms. The van der Waals surface area contributed by atoms with Gasteiger partial charge in [-0.3, -0.25) is 20.2 Å². The molecule has 0 aromatic carbocycles. The van der Waals surface area contributed by atoms with Crippen LogP contribution in [0.5, 0.6) is 0 Å². The number of hydrogen-bond donors (Lipinski definition) is 0. The van der Waals surface area contributed by atoms with Gasteiger partial charge in [-0.1, -0.05) is 6.92 Å². The monoisotopic (exact) mass is 202 g/mol. The van der Waals surface area contributed by atoms with Crippen molar-refractivity contribution in [2.24, 2.45) is 5.92 Å². The Bertz CT molecular complexity index is 293. The summed E-state index contributed by atoms with van der Waals surface area (Å²) >= 11 is 0. The van der Waals surface area contributed by atoms with Crippen LogP contribution in [0, 0.1) is 26.1 Å². The second kappa shape index (κ2) is 2.90. The number of hydrogen-bond acceptors (Lipinski definition) is 4. The van der Waals surface area contributed by atoms with Gasteiger partial charge in [0.25, 0.3) is 11.1 Å². The first-order valence-corrected chi connectivity index (χ1v) is 4.56. The fourth-order valence-corrected chi connectivity index (χ4v) is 2.22. The molecule has 3 unspecified atom stereocenters. The fourth-order valence-electron chi connectivity index (χ4n) is 2.22. The molecule has 0 aromatic heterocycles. The lowest BCUT2D eigenvalue weighted by molar-refractivity contribution is -0.678. The third-order valence-electron chi connectivity index (χ3n) is 3.90. The van der Waals surface area contributed by atoms with Gasteiger partial charge in [0.2, 0.25) is 0 Å². The molecule has 80 valence electrons. The van der Waals surface area contributed by atoms with Crippen LogP contribution in [-0.2, 0) is 0 Å². The molecule has 1 saturated carbocycles. The van der Waals surface area contributed by atoms with Crippen LogP contribution in [-0.4, -0.2) is 20.9 Å². The Kier molecular flexibility index (Phi) is 2.25. The van der Waals surface area contributed by atoms with Gasteiger partial charge in [-0.15, -0.1) is 0 Å². The van der Waals surface area contributed by atoms with Gasteiger partial charge in [-0.05, 0) is 6.42 Å². The maximum atomic E-state index is 11.0. The highest BCUT2D eigenvalue weighted by atomic mass is 16.6. The summed E-state index contributed by atoms with van der Waals surface area (Å²) in [5.41, 5.74) is -2.88. The van der Waals surface area contributed by atoms with Gasteiger partial charge in [-0.2, -0.15) is 0 Å². The predicted molar refractivity (Wildman–Crippen MR) is 49.2 cm³/mol. The van der Waals surface area contributed by atoms with Gasteiger partial charge in [0, 0.05) is 36.0 Å². The predicted octanol–water partition coefficient (Wildman–Crippen LogP) is 1.49. The van der Waals surface area contributed by atoms with Crippen LogP contribution in [0.15, 0.2) is 0 Å². The molecule has 0 amide bonds. The summed E-state index contributed by atoms with van der Waals surface area (Å²) in [6.45, 7) is 4.46. The van der Waals surface area contributed by atoms with Gasteiger partial charge in [-0.25, -0.2) is 0 Å². The molecule has 3 atom stereocenters. The van der Waals surface area contributed by atoms with E-state index in [2.05, 4.69) is 0 Å². The minimum atomic E-state index is -1.45. The summed E-state index contributed by atoms with van der Waals surface area (Å²) in [6, 6.07) is 0. The van der Waals surface area contributed by atoms with E-state index in [1.807, 2.05) is 0 Å². The Morgan fingerprint density at radius 3 is 2.00 bits per heavy atom. The van der Waals surface area contributed by atoms with Crippen molar-refractivity contribution in [3.05, 3.63) is 20.2 Å². The largest absolute Gasteiger partial charge is 0.289 e. The molecule has 0 radical (unpaired) electrons. The molecule has 0 aliphatic heterocycles. The van der Waals surface area contributed by atoms with Gasteiger partial charge in [0.1, 0.15) is 0 Å².